The monoisotopic (exact) mass is 440 g/mol. The van der Waals surface area contributed by atoms with Crippen molar-refractivity contribution in [3.05, 3.63) is 51.6 Å². The summed E-state index contributed by atoms with van der Waals surface area (Å²) in [4.78, 5) is 14.1. The largest absolute Gasteiger partial charge is 0.493 e. The Labute approximate surface area is 156 Å². The summed E-state index contributed by atoms with van der Waals surface area (Å²) in [6, 6.07) is 13.5. The lowest BCUT2D eigenvalue weighted by molar-refractivity contribution is -0.117. The van der Waals surface area contributed by atoms with Crippen LogP contribution in [0.5, 0.6) is 11.5 Å². The minimum Gasteiger partial charge on any atom is -0.493 e. The van der Waals surface area contributed by atoms with E-state index in [0.29, 0.717) is 18.0 Å². The average Bonchev–Trinajstić information content (AvgIpc) is 2.54. The molecule has 0 aliphatic heterocycles. The average molecular weight is 440 g/mol. The maximum absolute atomic E-state index is 12.2. The molecule has 6 heteroatoms. The fraction of sp³-hybridized carbons (Fsp3) is 0.278. The fourth-order valence-electron chi connectivity index (χ4n) is 2.44. The van der Waals surface area contributed by atoms with Crippen LogP contribution < -0.4 is 14.8 Å². The van der Waals surface area contributed by atoms with Gasteiger partial charge < -0.3 is 14.8 Å². The second-order valence-electron chi connectivity index (χ2n) is 5.38. The Morgan fingerprint density at radius 3 is 2.58 bits per heavy atom. The predicted molar refractivity (Wildman–Crippen MR) is 104 cm³/mol. The van der Waals surface area contributed by atoms with E-state index in [-0.39, 0.29) is 12.5 Å². The van der Waals surface area contributed by atoms with Gasteiger partial charge in [-0.25, -0.2) is 0 Å². The smallest absolute Gasteiger partial charge is 0.238 e. The zero-order valence-electron chi connectivity index (χ0n) is 14.0. The van der Waals surface area contributed by atoms with E-state index in [1.165, 1.54) is 0 Å². The van der Waals surface area contributed by atoms with E-state index < -0.39 is 0 Å². The molecule has 2 aromatic carbocycles. The quantitative estimate of drug-likeness (QED) is 0.671. The number of carbonyl (C=O) groups is 1. The third-order valence-corrected chi connectivity index (χ3v) is 4.12. The Bertz CT molecular complexity index is 706. The van der Waals surface area contributed by atoms with Crippen molar-refractivity contribution in [3.63, 3.8) is 0 Å². The van der Waals surface area contributed by atoms with Gasteiger partial charge >= 0.3 is 0 Å². The van der Waals surface area contributed by atoms with Crippen molar-refractivity contribution in [1.29, 1.82) is 0 Å². The number of rotatable bonds is 7. The van der Waals surface area contributed by atoms with Crippen LogP contribution in [0.3, 0.4) is 0 Å². The summed E-state index contributed by atoms with van der Waals surface area (Å²) in [5.74, 6) is 1.33. The molecule has 0 fully saturated rings. The first-order valence-electron chi connectivity index (χ1n) is 7.47. The zero-order chi connectivity index (χ0) is 17.5. The summed E-state index contributed by atoms with van der Waals surface area (Å²) in [5.41, 5.74) is 1.78. The summed E-state index contributed by atoms with van der Waals surface area (Å²) in [7, 11) is 5.12. The molecule has 5 nitrogen and oxygen atoms in total. The SMILES string of the molecule is COc1cccc(CN(C)CC(=O)Nc2cccc(I)c2)c1OC. The van der Waals surface area contributed by atoms with Crippen LogP contribution in [0.15, 0.2) is 42.5 Å². The van der Waals surface area contributed by atoms with E-state index in [1.54, 1.807) is 14.2 Å². The van der Waals surface area contributed by atoms with Crippen molar-refractivity contribution in [2.45, 2.75) is 6.54 Å². The number of carbonyl (C=O) groups excluding carboxylic acids is 1. The van der Waals surface area contributed by atoms with Gasteiger partial charge in [0.15, 0.2) is 11.5 Å². The molecule has 0 aliphatic carbocycles. The van der Waals surface area contributed by atoms with Gasteiger partial charge in [0.2, 0.25) is 5.91 Å². The molecule has 0 saturated carbocycles. The number of hydrogen-bond acceptors (Lipinski definition) is 4. The first-order valence-corrected chi connectivity index (χ1v) is 8.55. The molecule has 2 rings (SSSR count). The van der Waals surface area contributed by atoms with Gasteiger partial charge in [0.25, 0.3) is 0 Å². The second-order valence-corrected chi connectivity index (χ2v) is 6.63. The Morgan fingerprint density at radius 1 is 1.17 bits per heavy atom. The van der Waals surface area contributed by atoms with Gasteiger partial charge in [-0.05, 0) is 53.9 Å². The number of nitrogens with one attached hydrogen (secondary N) is 1. The highest BCUT2D eigenvalue weighted by molar-refractivity contribution is 14.1. The third kappa shape index (κ3) is 5.10. The Morgan fingerprint density at radius 2 is 1.92 bits per heavy atom. The van der Waals surface area contributed by atoms with Crippen LogP contribution in [0.1, 0.15) is 5.56 Å². The predicted octanol–water partition coefficient (Wildman–Crippen LogP) is 3.38. The number of halogens is 1. The van der Waals surface area contributed by atoms with Gasteiger partial charge in [-0.1, -0.05) is 18.2 Å². The van der Waals surface area contributed by atoms with Gasteiger partial charge in [-0.3, -0.25) is 9.69 Å². The molecule has 0 radical (unpaired) electrons. The molecule has 0 spiro atoms. The molecule has 0 bridgehead atoms. The summed E-state index contributed by atoms with van der Waals surface area (Å²) in [5, 5.41) is 2.91. The first kappa shape index (κ1) is 18.5. The summed E-state index contributed by atoms with van der Waals surface area (Å²) in [6.45, 7) is 0.867. The van der Waals surface area contributed by atoms with Crippen molar-refractivity contribution in [2.75, 3.05) is 33.1 Å². The van der Waals surface area contributed by atoms with E-state index in [1.807, 2.05) is 54.4 Å². The van der Waals surface area contributed by atoms with Crippen LogP contribution in [0.2, 0.25) is 0 Å². The van der Waals surface area contributed by atoms with E-state index in [0.717, 1.165) is 14.8 Å². The van der Waals surface area contributed by atoms with Crippen LogP contribution in [0, 0.1) is 3.57 Å². The van der Waals surface area contributed by atoms with E-state index in [4.69, 9.17) is 9.47 Å². The minimum absolute atomic E-state index is 0.0543. The van der Waals surface area contributed by atoms with E-state index >= 15 is 0 Å². The number of para-hydroxylation sites is 1. The molecule has 0 unspecified atom stereocenters. The molecule has 0 aliphatic rings. The topological polar surface area (TPSA) is 50.8 Å². The minimum atomic E-state index is -0.0543. The Kier molecular flexibility index (Phi) is 6.86. The molecule has 0 saturated heterocycles. The molecule has 0 heterocycles. The number of methoxy groups -OCH3 is 2. The molecule has 2 aromatic rings. The summed E-state index contributed by atoms with van der Waals surface area (Å²) >= 11 is 2.22. The standard InChI is InChI=1S/C18H21IN2O3/c1-21(11-13-6-4-9-16(23-2)18(13)24-3)12-17(22)20-15-8-5-7-14(19)10-15/h4-10H,11-12H2,1-3H3,(H,20,22). The maximum atomic E-state index is 12.2. The van der Waals surface area contributed by atoms with Crippen LogP contribution in [0.4, 0.5) is 5.69 Å². The fourth-order valence-corrected chi connectivity index (χ4v) is 2.98. The third-order valence-electron chi connectivity index (χ3n) is 3.45. The van der Waals surface area contributed by atoms with Gasteiger partial charge in [0.1, 0.15) is 0 Å². The summed E-state index contributed by atoms with van der Waals surface area (Å²) in [6.07, 6.45) is 0. The lowest BCUT2D eigenvalue weighted by atomic mass is 10.1. The highest BCUT2D eigenvalue weighted by atomic mass is 127. The van der Waals surface area contributed by atoms with Crippen LogP contribution in [0.25, 0.3) is 0 Å². The first-order chi connectivity index (χ1) is 11.5. The normalized spacial score (nSPS) is 10.5. The second kappa shape index (κ2) is 8.89. The Hall–Kier alpha value is -1.80. The zero-order valence-corrected chi connectivity index (χ0v) is 16.2. The molecule has 0 atom stereocenters. The summed E-state index contributed by atoms with van der Waals surface area (Å²) < 4.78 is 11.8. The molecule has 0 aromatic heterocycles. The van der Waals surface area contributed by atoms with Crippen molar-refractivity contribution in [3.8, 4) is 11.5 Å². The van der Waals surface area contributed by atoms with E-state index in [2.05, 4.69) is 27.9 Å². The van der Waals surface area contributed by atoms with Gasteiger partial charge in [-0.2, -0.15) is 0 Å². The molecular formula is C18H21IN2O3. The van der Waals surface area contributed by atoms with Gasteiger partial charge in [0.05, 0.1) is 20.8 Å². The lowest BCUT2D eigenvalue weighted by Gasteiger charge is -2.19. The highest BCUT2D eigenvalue weighted by Gasteiger charge is 2.13. The van der Waals surface area contributed by atoms with Crippen LogP contribution in [-0.4, -0.2) is 38.6 Å². The number of hydrogen-bond donors (Lipinski definition) is 1. The Balaban J connectivity index is 1.98. The van der Waals surface area contributed by atoms with Gasteiger partial charge in [0, 0.05) is 21.4 Å². The van der Waals surface area contributed by atoms with Crippen molar-refractivity contribution >= 4 is 34.2 Å². The van der Waals surface area contributed by atoms with Crippen molar-refractivity contribution < 1.29 is 14.3 Å². The number of ether oxygens (including phenoxy) is 2. The highest BCUT2D eigenvalue weighted by Crippen LogP contribution is 2.31. The maximum Gasteiger partial charge on any atom is 0.238 e. The molecule has 128 valence electrons. The van der Waals surface area contributed by atoms with Gasteiger partial charge in [-0.15, -0.1) is 0 Å². The number of benzene rings is 2. The van der Waals surface area contributed by atoms with Crippen LogP contribution in [-0.2, 0) is 11.3 Å². The molecule has 24 heavy (non-hydrogen) atoms. The molecule has 1 N–H and O–H groups in total. The number of anilines is 1. The van der Waals surface area contributed by atoms with Crippen molar-refractivity contribution in [2.24, 2.45) is 0 Å². The number of amides is 1. The number of nitrogens with zero attached hydrogens (tertiary/aromatic N) is 1. The lowest BCUT2D eigenvalue weighted by Crippen LogP contribution is -2.30. The number of likely N-dealkylation sites (N-methyl/N-ethyl adjacent to an activating group) is 1. The van der Waals surface area contributed by atoms with E-state index in [9.17, 15) is 4.79 Å². The van der Waals surface area contributed by atoms with Crippen molar-refractivity contribution in [1.82, 2.24) is 4.90 Å². The molecular weight excluding hydrogens is 419 g/mol. The molecule has 1 amide bonds. The van der Waals surface area contributed by atoms with Crippen LogP contribution >= 0.6 is 22.6 Å².